The number of hydrogen-bond acceptors (Lipinski definition) is 6. The van der Waals surface area contributed by atoms with Gasteiger partial charge in [0, 0.05) is 5.56 Å². The van der Waals surface area contributed by atoms with Crippen LogP contribution in [0.5, 0.6) is 0 Å². The third-order valence-electron chi connectivity index (χ3n) is 4.13. The maximum Gasteiger partial charge on any atom is 0.195 e. The molecule has 1 aromatic carbocycles. The largest absolute Gasteiger partial charge is 0.325 e. The fourth-order valence-corrected chi connectivity index (χ4v) is 5.99. The van der Waals surface area contributed by atoms with E-state index in [0.717, 1.165) is 6.42 Å². The van der Waals surface area contributed by atoms with Crippen LogP contribution in [0.25, 0.3) is 0 Å². The van der Waals surface area contributed by atoms with Crippen molar-refractivity contribution in [3.05, 3.63) is 29.8 Å². The molecule has 0 amide bonds. The third-order valence-corrected chi connectivity index (χ3v) is 8.09. The Hall–Kier alpha value is -1.16. The molecule has 0 spiro atoms. The van der Waals surface area contributed by atoms with Crippen molar-refractivity contribution in [3.8, 4) is 0 Å². The van der Waals surface area contributed by atoms with Gasteiger partial charge in [0.2, 0.25) is 0 Å². The van der Waals surface area contributed by atoms with Gasteiger partial charge in [0.25, 0.3) is 0 Å². The molecule has 1 aliphatic rings. The summed E-state index contributed by atoms with van der Waals surface area (Å²) < 4.78 is 38.6. The predicted molar refractivity (Wildman–Crippen MR) is 111 cm³/mol. The van der Waals surface area contributed by atoms with Crippen LogP contribution in [0.1, 0.15) is 44.6 Å². The van der Waals surface area contributed by atoms with Crippen molar-refractivity contribution >= 4 is 43.0 Å². The summed E-state index contributed by atoms with van der Waals surface area (Å²) in [7, 11) is -3.44. The van der Waals surface area contributed by atoms with E-state index < -0.39 is 31.5 Å². The van der Waals surface area contributed by atoms with Crippen LogP contribution in [0.15, 0.2) is 34.2 Å². The molecule has 0 saturated heterocycles. The number of sulfone groups is 1. The van der Waals surface area contributed by atoms with E-state index in [1.54, 1.807) is 31.3 Å². The first-order valence-electron chi connectivity index (χ1n) is 8.45. The summed E-state index contributed by atoms with van der Waals surface area (Å²) in [5.74, 6) is 0.0693. The highest BCUT2D eigenvalue weighted by Gasteiger charge is 2.36. The van der Waals surface area contributed by atoms with Gasteiger partial charge in [0.05, 0.1) is 10.6 Å². The number of hydrogen-bond donors (Lipinski definition) is 2. The molecule has 2 N–H and O–H groups in total. The molecule has 0 aliphatic carbocycles. The van der Waals surface area contributed by atoms with Gasteiger partial charge >= 0.3 is 0 Å². The van der Waals surface area contributed by atoms with Crippen molar-refractivity contribution in [2.75, 3.05) is 12.8 Å². The van der Waals surface area contributed by atoms with Gasteiger partial charge in [-0.2, -0.15) is 0 Å². The van der Waals surface area contributed by atoms with Gasteiger partial charge in [-0.15, -0.1) is 0 Å². The molecule has 0 radical (unpaired) electrons. The van der Waals surface area contributed by atoms with Crippen LogP contribution in [0.2, 0.25) is 0 Å². The second kappa shape index (κ2) is 8.24. The van der Waals surface area contributed by atoms with Gasteiger partial charge < -0.3 is 10.6 Å². The monoisotopic (exact) mass is 415 g/mol. The van der Waals surface area contributed by atoms with Crippen molar-refractivity contribution < 1.29 is 12.6 Å². The molecule has 2 rings (SSSR count). The highest BCUT2D eigenvalue weighted by molar-refractivity contribution is 8.01. The van der Waals surface area contributed by atoms with E-state index in [9.17, 15) is 12.6 Å². The molecule has 0 saturated carbocycles. The molecule has 1 aliphatic heterocycles. The van der Waals surface area contributed by atoms with Crippen LogP contribution in [-0.2, 0) is 20.6 Å². The Morgan fingerprint density at radius 3 is 2.54 bits per heavy atom. The second-order valence-corrected chi connectivity index (χ2v) is 10.5. The first kappa shape index (κ1) is 21.1. The van der Waals surface area contributed by atoms with Crippen molar-refractivity contribution in [1.82, 2.24) is 10.6 Å². The third kappa shape index (κ3) is 4.39. The summed E-state index contributed by atoms with van der Waals surface area (Å²) in [4.78, 5) is 5.12. The SMILES string of the molecule is CCCCS(=O)(=O)c1ccccc1C(NC)S(=O)C1=NC(C)(C)C(=S)N1. The minimum absolute atomic E-state index is 0.0693. The number of nitrogens with zero attached hydrogens (tertiary/aromatic N) is 1. The average molecular weight is 416 g/mol. The van der Waals surface area contributed by atoms with Gasteiger partial charge in [-0.3, -0.25) is 0 Å². The van der Waals surface area contributed by atoms with Crippen LogP contribution < -0.4 is 10.6 Å². The molecular formula is C17H25N3O3S3. The van der Waals surface area contributed by atoms with E-state index in [2.05, 4.69) is 15.6 Å². The van der Waals surface area contributed by atoms with Crippen molar-refractivity contribution in [1.29, 1.82) is 0 Å². The lowest BCUT2D eigenvalue weighted by atomic mass is 10.1. The van der Waals surface area contributed by atoms with Gasteiger partial charge in [-0.1, -0.05) is 43.8 Å². The van der Waals surface area contributed by atoms with Crippen molar-refractivity contribution in [2.24, 2.45) is 4.99 Å². The molecule has 26 heavy (non-hydrogen) atoms. The predicted octanol–water partition coefficient (Wildman–Crippen LogP) is 2.29. The van der Waals surface area contributed by atoms with Gasteiger partial charge in [-0.05, 0) is 33.4 Å². The number of rotatable bonds is 7. The Labute approximate surface area is 163 Å². The summed E-state index contributed by atoms with van der Waals surface area (Å²) >= 11 is 5.25. The topological polar surface area (TPSA) is 87.6 Å². The van der Waals surface area contributed by atoms with Gasteiger partial charge in [0.1, 0.15) is 26.7 Å². The second-order valence-electron chi connectivity index (χ2n) is 6.61. The van der Waals surface area contributed by atoms with E-state index in [1.807, 2.05) is 20.8 Å². The zero-order valence-corrected chi connectivity index (χ0v) is 17.9. The Morgan fingerprint density at radius 1 is 1.35 bits per heavy atom. The Morgan fingerprint density at radius 2 is 2.00 bits per heavy atom. The van der Waals surface area contributed by atoms with Crippen molar-refractivity contribution in [2.45, 2.75) is 49.4 Å². The highest BCUT2D eigenvalue weighted by atomic mass is 32.2. The summed E-state index contributed by atoms with van der Waals surface area (Å²) in [6.07, 6.45) is 1.37. The van der Waals surface area contributed by atoms with Gasteiger partial charge in [-0.25, -0.2) is 17.6 Å². The van der Waals surface area contributed by atoms with Crippen LogP contribution in [0, 0.1) is 0 Å². The molecule has 1 heterocycles. The molecule has 0 fully saturated rings. The van der Waals surface area contributed by atoms with E-state index in [-0.39, 0.29) is 15.8 Å². The maximum absolute atomic E-state index is 13.1. The summed E-state index contributed by atoms with van der Waals surface area (Å²) in [6, 6.07) is 6.69. The number of amidine groups is 1. The van der Waals surface area contributed by atoms with Crippen LogP contribution in [0.4, 0.5) is 0 Å². The minimum Gasteiger partial charge on any atom is -0.325 e. The Balaban J connectivity index is 2.43. The molecule has 0 aromatic heterocycles. The van der Waals surface area contributed by atoms with E-state index in [0.29, 0.717) is 17.0 Å². The number of nitrogens with one attached hydrogen (secondary N) is 2. The maximum atomic E-state index is 13.1. The molecule has 9 heteroatoms. The van der Waals surface area contributed by atoms with Gasteiger partial charge in [0.15, 0.2) is 15.0 Å². The lowest BCUT2D eigenvalue weighted by Crippen LogP contribution is -2.36. The molecule has 1 aromatic rings. The minimum atomic E-state index is -3.46. The number of aliphatic imine (C=N–C) groups is 1. The first-order chi connectivity index (χ1) is 12.1. The molecule has 144 valence electrons. The highest BCUT2D eigenvalue weighted by Crippen LogP contribution is 2.28. The standard InChI is InChI=1S/C17H25N3O3S3/c1-5-6-11-26(22,23)13-10-8-7-9-12(13)14(18-4)25(21)16-19-15(24)17(2,3)20-16/h7-10,14,18H,5-6,11H2,1-4H3,(H,19,20,24). The van der Waals surface area contributed by atoms with E-state index >= 15 is 0 Å². The lowest BCUT2D eigenvalue weighted by molar-refractivity contribution is 0.590. The summed E-state index contributed by atoms with van der Waals surface area (Å²) in [5, 5.41) is 5.44. The van der Waals surface area contributed by atoms with E-state index in [1.165, 1.54) is 0 Å². The smallest absolute Gasteiger partial charge is 0.195 e. The lowest BCUT2D eigenvalue weighted by Gasteiger charge is -2.19. The number of thiocarbonyl (C=S) groups is 1. The first-order valence-corrected chi connectivity index (χ1v) is 11.7. The quantitative estimate of drug-likeness (QED) is 0.665. The fourth-order valence-electron chi connectivity index (χ4n) is 2.59. The summed E-state index contributed by atoms with van der Waals surface area (Å²) in [5.41, 5.74) is -0.143. The average Bonchev–Trinajstić information content (AvgIpc) is 2.87. The van der Waals surface area contributed by atoms with E-state index in [4.69, 9.17) is 12.2 Å². The Bertz CT molecular complexity index is 848. The summed E-state index contributed by atoms with van der Waals surface area (Å²) in [6.45, 7) is 5.62. The van der Waals surface area contributed by atoms with Crippen molar-refractivity contribution in [3.63, 3.8) is 0 Å². The fraction of sp³-hybridized carbons (Fsp3) is 0.529. The molecule has 6 nitrogen and oxygen atoms in total. The van der Waals surface area contributed by atoms with Crippen LogP contribution in [-0.4, -0.2) is 41.1 Å². The Kier molecular flexibility index (Phi) is 6.70. The molecule has 2 atom stereocenters. The molecule has 2 unspecified atom stereocenters. The zero-order valence-electron chi connectivity index (χ0n) is 15.4. The molecular weight excluding hydrogens is 390 g/mol. The normalized spacial score (nSPS) is 18.9. The number of unbranched alkanes of at least 4 members (excludes halogenated alkanes) is 1. The number of benzene rings is 1. The zero-order chi connectivity index (χ0) is 19.5. The van der Waals surface area contributed by atoms with Crippen LogP contribution >= 0.6 is 12.2 Å². The molecule has 0 bridgehead atoms. The van der Waals surface area contributed by atoms with Crippen LogP contribution in [0.3, 0.4) is 0 Å².